The smallest absolute Gasteiger partial charge is 0.240 e. The van der Waals surface area contributed by atoms with E-state index in [4.69, 9.17) is 4.98 Å². The lowest BCUT2D eigenvalue weighted by Crippen LogP contribution is -2.49. The number of aryl methyl sites for hydroxylation is 1. The van der Waals surface area contributed by atoms with Crippen LogP contribution >= 0.6 is 0 Å². The Hall–Kier alpha value is -1.93. The second-order valence-electron chi connectivity index (χ2n) is 6.73. The minimum Gasteiger partial charge on any atom is -0.341 e. The van der Waals surface area contributed by atoms with Crippen molar-refractivity contribution in [3.05, 3.63) is 30.1 Å². The Balaban J connectivity index is 1.67. The van der Waals surface area contributed by atoms with E-state index in [9.17, 15) is 13.2 Å². The number of nitrogens with one attached hydrogen (secondary N) is 1. The van der Waals surface area contributed by atoms with Crippen molar-refractivity contribution in [3.8, 4) is 0 Å². The van der Waals surface area contributed by atoms with Crippen LogP contribution in [0.15, 0.2) is 24.3 Å². The van der Waals surface area contributed by atoms with Crippen molar-refractivity contribution in [1.29, 1.82) is 0 Å². The number of rotatable bonds is 4. The molecule has 3 rings (SSSR count). The highest BCUT2D eigenvalue weighted by atomic mass is 32.2. The fourth-order valence-corrected chi connectivity index (χ4v) is 4.28. The molecule has 1 saturated heterocycles. The quantitative estimate of drug-likeness (QED) is 0.884. The molecule has 1 aliphatic heterocycles. The number of para-hydroxylation sites is 2. The number of piperidine rings is 1. The van der Waals surface area contributed by atoms with Crippen LogP contribution in [-0.4, -0.2) is 54.2 Å². The molecule has 1 N–H and O–H groups in total. The summed E-state index contributed by atoms with van der Waals surface area (Å²) in [6.07, 6.45) is 2.72. The van der Waals surface area contributed by atoms with Gasteiger partial charge in [0.25, 0.3) is 0 Å². The third-order valence-corrected chi connectivity index (χ3v) is 5.54. The summed E-state index contributed by atoms with van der Waals surface area (Å²) >= 11 is 0. The van der Waals surface area contributed by atoms with Gasteiger partial charge >= 0.3 is 0 Å². The van der Waals surface area contributed by atoms with Crippen molar-refractivity contribution in [2.75, 3.05) is 19.3 Å². The fourth-order valence-electron chi connectivity index (χ4n) is 3.53. The summed E-state index contributed by atoms with van der Waals surface area (Å²) in [6.45, 7) is 2.81. The second kappa shape index (κ2) is 6.76. The number of amides is 1. The largest absolute Gasteiger partial charge is 0.341 e. The molecule has 7 nitrogen and oxygen atoms in total. The molecule has 0 bridgehead atoms. The molecule has 1 aromatic carbocycles. The van der Waals surface area contributed by atoms with E-state index in [0.717, 1.165) is 36.0 Å². The van der Waals surface area contributed by atoms with Gasteiger partial charge in [-0.25, -0.2) is 18.1 Å². The third-order valence-electron chi connectivity index (χ3n) is 4.75. The molecule has 8 heteroatoms. The van der Waals surface area contributed by atoms with Crippen LogP contribution in [0.5, 0.6) is 0 Å². The number of hydrogen-bond acceptors (Lipinski definition) is 4. The van der Waals surface area contributed by atoms with Gasteiger partial charge in [-0.2, -0.15) is 0 Å². The van der Waals surface area contributed by atoms with Crippen LogP contribution in [0.25, 0.3) is 11.0 Å². The number of hydrogen-bond donors (Lipinski definition) is 1. The Morgan fingerprint density at radius 2 is 1.92 bits per heavy atom. The predicted octanol–water partition coefficient (Wildman–Crippen LogP) is 1.22. The maximum absolute atomic E-state index is 12.4. The van der Waals surface area contributed by atoms with Gasteiger partial charge in [-0.05, 0) is 31.9 Å². The van der Waals surface area contributed by atoms with Crippen LogP contribution in [0.4, 0.5) is 0 Å². The van der Waals surface area contributed by atoms with Gasteiger partial charge in [0.1, 0.15) is 5.82 Å². The first-order valence-corrected chi connectivity index (χ1v) is 10.3. The Morgan fingerprint density at radius 1 is 1.28 bits per heavy atom. The first kappa shape index (κ1) is 17.9. The molecule has 0 saturated carbocycles. The van der Waals surface area contributed by atoms with E-state index in [2.05, 4.69) is 15.4 Å². The Kier molecular flexibility index (Phi) is 4.83. The van der Waals surface area contributed by atoms with Crippen molar-refractivity contribution in [3.63, 3.8) is 0 Å². The van der Waals surface area contributed by atoms with Gasteiger partial charge in [-0.3, -0.25) is 4.79 Å². The molecule has 2 heterocycles. The fraction of sp³-hybridized carbons (Fsp3) is 0.529. The number of carbonyl (C=O) groups excluding carboxylic acids is 1. The molecule has 25 heavy (non-hydrogen) atoms. The van der Waals surface area contributed by atoms with Gasteiger partial charge in [-0.1, -0.05) is 12.1 Å². The van der Waals surface area contributed by atoms with Crippen molar-refractivity contribution < 1.29 is 13.2 Å². The monoisotopic (exact) mass is 364 g/mol. The summed E-state index contributed by atoms with van der Waals surface area (Å²) in [5.41, 5.74) is 2.10. The Labute approximate surface area is 148 Å². The van der Waals surface area contributed by atoms with E-state index in [0.29, 0.717) is 19.0 Å². The van der Waals surface area contributed by atoms with E-state index in [1.165, 1.54) is 0 Å². The molecule has 0 spiro atoms. The zero-order chi connectivity index (χ0) is 18.2. The standard InChI is InChI=1S/C17H24N4O3S/c1-12(19-25(3,23)24)17(22)21-10-8-13(9-11-21)16-18-14-6-4-5-7-15(14)20(16)2/h4-7,12-13,19H,8-11H2,1-3H3. The number of nitrogens with zero attached hydrogens (tertiary/aromatic N) is 3. The lowest BCUT2D eigenvalue weighted by Gasteiger charge is -2.33. The molecule has 1 fully saturated rings. The normalized spacial score (nSPS) is 17.8. The van der Waals surface area contributed by atoms with Gasteiger partial charge in [-0.15, -0.1) is 0 Å². The molecule has 0 aliphatic carbocycles. The number of aromatic nitrogens is 2. The number of likely N-dealkylation sites (tertiary alicyclic amines) is 1. The summed E-state index contributed by atoms with van der Waals surface area (Å²) in [4.78, 5) is 18.9. The van der Waals surface area contributed by atoms with E-state index < -0.39 is 16.1 Å². The van der Waals surface area contributed by atoms with Crippen molar-refractivity contribution in [1.82, 2.24) is 19.2 Å². The number of imidazole rings is 1. The summed E-state index contributed by atoms with van der Waals surface area (Å²) in [5, 5.41) is 0. The van der Waals surface area contributed by atoms with E-state index >= 15 is 0 Å². The second-order valence-corrected chi connectivity index (χ2v) is 8.51. The molecule has 1 aliphatic rings. The highest BCUT2D eigenvalue weighted by Gasteiger charge is 2.29. The topological polar surface area (TPSA) is 84.3 Å². The lowest BCUT2D eigenvalue weighted by molar-refractivity contribution is -0.133. The van der Waals surface area contributed by atoms with Gasteiger partial charge in [0.15, 0.2) is 0 Å². The minimum absolute atomic E-state index is 0.172. The summed E-state index contributed by atoms with van der Waals surface area (Å²) in [7, 11) is -1.36. The predicted molar refractivity (Wildman–Crippen MR) is 96.7 cm³/mol. The van der Waals surface area contributed by atoms with Crippen LogP contribution in [0.2, 0.25) is 0 Å². The Morgan fingerprint density at radius 3 is 2.52 bits per heavy atom. The van der Waals surface area contributed by atoms with Crippen LogP contribution < -0.4 is 4.72 Å². The number of carbonyl (C=O) groups is 1. The molecule has 1 unspecified atom stereocenters. The molecule has 1 atom stereocenters. The van der Waals surface area contributed by atoms with E-state index in [1.807, 2.05) is 25.2 Å². The first-order chi connectivity index (χ1) is 11.8. The van der Waals surface area contributed by atoms with Crippen LogP contribution in [0.1, 0.15) is 31.5 Å². The third kappa shape index (κ3) is 3.85. The molecule has 136 valence electrons. The molecule has 2 aromatic rings. The first-order valence-electron chi connectivity index (χ1n) is 8.43. The molecule has 0 radical (unpaired) electrons. The van der Waals surface area contributed by atoms with Crippen LogP contribution in [0.3, 0.4) is 0 Å². The molecule has 1 amide bonds. The van der Waals surface area contributed by atoms with Crippen molar-refractivity contribution >= 4 is 27.0 Å². The number of benzene rings is 1. The summed E-state index contributed by atoms with van der Waals surface area (Å²) < 4.78 is 27.1. The van der Waals surface area contributed by atoms with E-state index in [1.54, 1.807) is 11.8 Å². The Bertz CT molecular complexity index is 882. The lowest BCUT2D eigenvalue weighted by atomic mass is 9.95. The maximum atomic E-state index is 12.4. The highest BCUT2D eigenvalue weighted by molar-refractivity contribution is 7.88. The van der Waals surface area contributed by atoms with Crippen molar-refractivity contribution in [2.24, 2.45) is 7.05 Å². The summed E-state index contributed by atoms with van der Waals surface area (Å²) in [5.74, 6) is 1.18. The minimum atomic E-state index is -3.39. The van der Waals surface area contributed by atoms with Gasteiger partial charge in [0.2, 0.25) is 15.9 Å². The number of fused-ring (bicyclic) bond motifs is 1. The molecular formula is C17H24N4O3S. The molecular weight excluding hydrogens is 340 g/mol. The van der Waals surface area contributed by atoms with Crippen LogP contribution in [0, 0.1) is 0 Å². The molecule has 1 aromatic heterocycles. The maximum Gasteiger partial charge on any atom is 0.240 e. The summed E-state index contributed by atoms with van der Waals surface area (Å²) in [6, 6.07) is 7.32. The number of sulfonamides is 1. The highest BCUT2D eigenvalue weighted by Crippen LogP contribution is 2.29. The van der Waals surface area contributed by atoms with Gasteiger partial charge in [0, 0.05) is 26.1 Å². The van der Waals surface area contributed by atoms with Gasteiger partial charge < -0.3 is 9.47 Å². The van der Waals surface area contributed by atoms with E-state index in [-0.39, 0.29) is 5.91 Å². The average molecular weight is 364 g/mol. The SMILES string of the molecule is CC(NS(C)(=O)=O)C(=O)N1CCC(c2nc3ccccc3n2C)CC1. The zero-order valence-corrected chi connectivity index (χ0v) is 15.6. The average Bonchev–Trinajstić information content (AvgIpc) is 2.90. The zero-order valence-electron chi connectivity index (χ0n) is 14.8. The van der Waals surface area contributed by atoms with Gasteiger partial charge in [0.05, 0.1) is 23.3 Å². The van der Waals surface area contributed by atoms with Crippen LogP contribution in [-0.2, 0) is 21.9 Å². The van der Waals surface area contributed by atoms with Crippen molar-refractivity contribution in [2.45, 2.75) is 31.7 Å².